The van der Waals surface area contributed by atoms with Crippen molar-refractivity contribution in [3.05, 3.63) is 69.7 Å². The smallest absolute Gasteiger partial charge is 0.294 e. The van der Waals surface area contributed by atoms with Crippen molar-refractivity contribution in [2.24, 2.45) is 4.99 Å². The highest BCUT2D eigenvalue weighted by Crippen LogP contribution is 2.28. The molecule has 3 aromatic rings. The van der Waals surface area contributed by atoms with E-state index in [9.17, 15) is 18.1 Å². The average molecular weight is 364 g/mol. The number of hydrogen-bond donors (Lipinski definition) is 2. The number of phenols is 1. The highest BCUT2D eigenvalue weighted by Gasteiger charge is 2.20. The second kappa shape index (κ2) is 5.39. The summed E-state index contributed by atoms with van der Waals surface area (Å²) in [5.41, 5.74) is 2.81. The van der Waals surface area contributed by atoms with Crippen LogP contribution in [0.5, 0.6) is 5.75 Å². The van der Waals surface area contributed by atoms with Crippen LogP contribution in [0, 0.1) is 18.3 Å². The quantitative estimate of drug-likeness (QED) is 0.673. The Hall–Kier alpha value is -3.21. The summed E-state index contributed by atoms with van der Waals surface area (Å²) < 4.78 is 32.1. The molecule has 0 saturated carbocycles. The largest absolute Gasteiger partial charge is 0.507 e. The number of nitriles is 1. The lowest BCUT2D eigenvalue weighted by Crippen LogP contribution is -2.38. The molecular formula is C19H12N2O4S. The maximum absolute atomic E-state index is 11.4. The van der Waals surface area contributed by atoms with Crippen LogP contribution in [0.4, 0.5) is 0 Å². The molecule has 6 nitrogen and oxygen atoms in total. The fourth-order valence-electron chi connectivity index (χ4n) is 3.18. The Bertz CT molecular complexity index is 1370. The van der Waals surface area contributed by atoms with Crippen LogP contribution in [0.15, 0.2) is 52.4 Å². The van der Waals surface area contributed by atoms with E-state index in [1.165, 1.54) is 6.07 Å². The number of fused-ring (bicyclic) bond motifs is 3. The average Bonchev–Trinajstić information content (AvgIpc) is 2.55. The second-order valence-electron chi connectivity index (χ2n) is 6.08. The Labute approximate surface area is 148 Å². The monoisotopic (exact) mass is 364 g/mol. The summed E-state index contributed by atoms with van der Waals surface area (Å²) in [4.78, 5) is 4.16. The molecule has 0 aliphatic carbocycles. The van der Waals surface area contributed by atoms with E-state index in [0.717, 1.165) is 27.8 Å². The van der Waals surface area contributed by atoms with Crippen LogP contribution < -0.4 is 10.6 Å². The standard InChI is InChI=1S/C19H12N2O4S/c1-10-6-13-7-14(26(23,24)25)8-15(22)16(13)17-18(10)21-19(17)12-4-2-11(9-20)3-5-12/h2-8,22H,1H3,(H,23,24,25). The fourth-order valence-corrected chi connectivity index (χ4v) is 3.71. The molecule has 0 bridgehead atoms. The normalized spacial score (nSPS) is 12.9. The van der Waals surface area contributed by atoms with Gasteiger partial charge in [0.25, 0.3) is 10.1 Å². The van der Waals surface area contributed by atoms with Gasteiger partial charge in [-0.05, 0) is 42.1 Å². The third-order valence-corrected chi connectivity index (χ3v) is 5.23. The first-order chi connectivity index (χ1) is 12.3. The summed E-state index contributed by atoms with van der Waals surface area (Å²) in [5, 5.41) is 21.8. The molecule has 128 valence electrons. The fraction of sp³-hybridized carbons (Fsp3) is 0.0526. The summed E-state index contributed by atoms with van der Waals surface area (Å²) in [6.45, 7) is 1.84. The summed E-state index contributed by atoms with van der Waals surface area (Å²) >= 11 is 0. The molecular weight excluding hydrogens is 352 g/mol. The zero-order valence-electron chi connectivity index (χ0n) is 13.6. The Morgan fingerprint density at radius 3 is 2.42 bits per heavy atom. The first-order valence-corrected chi connectivity index (χ1v) is 9.11. The van der Waals surface area contributed by atoms with Crippen molar-refractivity contribution in [1.29, 1.82) is 5.26 Å². The van der Waals surface area contributed by atoms with E-state index in [1.54, 1.807) is 30.3 Å². The molecule has 7 heteroatoms. The molecule has 0 fully saturated rings. The SMILES string of the molecule is Cc1cc2cc(S(=O)(=O)O)cc(O)c2c2c1=NC=2c1ccc(C#N)cc1. The van der Waals surface area contributed by atoms with E-state index in [2.05, 4.69) is 11.1 Å². The minimum atomic E-state index is -4.43. The minimum absolute atomic E-state index is 0.243. The van der Waals surface area contributed by atoms with Gasteiger partial charge in [0.1, 0.15) is 5.75 Å². The lowest BCUT2D eigenvalue weighted by Gasteiger charge is -2.16. The summed E-state index contributed by atoms with van der Waals surface area (Å²) in [6.07, 6.45) is 0. The molecule has 1 aliphatic rings. The van der Waals surface area contributed by atoms with E-state index in [1.807, 2.05) is 6.92 Å². The second-order valence-corrected chi connectivity index (χ2v) is 7.50. The number of aryl methyl sites for hydroxylation is 1. The minimum Gasteiger partial charge on any atom is -0.507 e. The third kappa shape index (κ3) is 2.36. The molecule has 0 saturated heterocycles. The molecule has 1 aliphatic heterocycles. The number of nitrogens with zero attached hydrogens (tertiary/aromatic N) is 2. The van der Waals surface area contributed by atoms with Gasteiger partial charge in [0.2, 0.25) is 0 Å². The zero-order valence-corrected chi connectivity index (χ0v) is 14.4. The van der Waals surface area contributed by atoms with Gasteiger partial charge in [-0.2, -0.15) is 13.7 Å². The van der Waals surface area contributed by atoms with E-state index >= 15 is 0 Å². The van der Waals surface area contributed by atoms with Crippen LogP contribution in [-0.4, -0.2) is 18.1 Å². The number of benzene rings is 3. The predicted molar refractivity (Wildman–Crippen MR) is 94.6 cm³/mol. The van der Waals surface area contributed by atoms with Gasteiger partial charge >= 0.3 is 0 Å². The third-order valence-electron chi connectivity index (χ3n) is 4.40. The molecule has 1 heterocycles. The van der Waals surface area contributed by atoms with Crippen molar-refractivity contribution in [2.45, 2.75) is 11.8 Å². The van der Waals surface area contributed by atoms with Crippen molar-refractivity contribution >= 4 is 26.6 Å². The van der Waals surface area contributed by atoms with Crippen LogP contribution >= 0.6 is 0 Å². The maximum atomic E-state index is 11.4. The van der Waals surface area contributed by atoms with Crippen molar-refractivity contribution in [3.63, 3.8) is 0 Å². The van der Waals surface area contributed by atoms with Crippen LogP contribution in [0.3, 0.4) is 0 Å². The van der Waals surface area contributed by atoms with Gasteiger partial charge in [0.15, 0.2) is 0 Å². The van der Waals surface area contributed by atoms with E-state index < -0.39 is 10.1 Å². The molecule has 0 atom stereocenters. The first-order valence-electron chi connectivity index (χ1n) is 7.67. The molecule has 0 radical (unpaired) electrons. The maximum Gasteiger partial charge on any atom is 0.294 e. The zero-order chi connectivity index (χ0) is 18.6. The lowest BCUT2D eigenvalue weighted by atomic mass is 9.96. The van der Waals surface area contributed by atoms with Crippen molar-refractivity contribution in [1.82, 2.24) is 0 Å². The predicted octanol–water partition coefficient (Wildman–Crippen LogP) is 1.76. The van der Waals surface area contributed by atoms with Crippen LogP contribution in [0.1, 0.15) is 16.7 Å². The van der Waals surface area contributed by atoms with Crippen LogP contribution in [-0.2, 0) is 10.1 Å². The van der Waals surface area contributed by atoms with Crippen LogP contribution in [0.25, 0.3) is 16.5 Å². The van der Waals surface area contributed by atoms with E-state index in [-0.39, 0.29) is 10.6 Å². The van der Waals surface area contributed by atoms with Gasteiger partial charge < -0.3 is 5.11 Å². The molecule has 0 aromatic heterocycles. The Kier molecular flexibility index (Phi) is 3.37. The van der Waals surface area contributed by atoms with Crippen molar-refractivity contribution in [3.8, 4) is 11.8 Å². The van der Waals surface area contributed by atoms with Gasteiger partial charge in [0.05, 0.1) is 27.6 Å². The van der Waals surface area contributed by atoms with Gasteiger partial charge in [0, 0.05) is 22.2 Å². The van der Waals surface area contributed by atoms with Gasteiger partial charge in [-0.25, -0.2) is 4.99 Å². The lowest BCUT2D eigenvalue weighted by molar-refractivity contribution is 0.470. The number of hydrogen-bond acceptors (Lipinski definition) is 5. The van der Waals surface area contributed by atoms with E-state index in [0.29, 0.717) is 22.0 Å². The van der Waals surface area contributed by atoms with Gasteiger partial charge in [-0.15, -0.1) is 0 Å². The van der Waals surface area contributed by atoms with Crippen LogP contribution in [0.2, 0.25) is 0 Å². The molecule has 4 rings (SSSR count). The van der Waals surface area contributed by atoms with E-state index in [4.69, 9.17) is 5.26 Å². The Morgan fingerprint density at radius 2 is 1.81 bits per heavy atom. The number of rotatable bonds is 2. The molecule has 2 N–H and O–H groups in total. The van der Waals surface area contributed by atoms with Crippen molar-refractivity contribution in [2.75, 3.05) is 0 Å². The molecule has 3 aromatic carbocycles. The molecule has 0 amide bonds. The highest BCUT2D eigenvalue weighted by molar-refractivity contribution is 7.85. The van der Waals surface area contributed by atoms with Gasteiger partial charge in [-0.3, -0.25) is 4.55 Å². The summed E-state index contributed by atoms with van der Waals surface area (Å²) in [6, 6.07) is 13.1. The van der Waals surface area contributed by atoms with Gasteiger partial charge in [-0.1, -0.05) is 12.1 Å². The Morgan fingerprint density at radius 1 is 1.12 bits per heavy atom. The molecule has 0 unspecified atom stereocenters. The highest BCUT2D eigenvalue weighted by atomic mass is 32.2. The topological polar surface area (TPSA) is 111 Å². The molecule has 26 heavy (non-hydrogen) atoms. The van der Waals surface area contributed by atoms with Crippen molar-refractivity contribution < 1.29 is 18.1 Å². The summed E-state index contributed by atoms with van der Waals surface area (Å²) in [5.74, 6) is -0.243. The number of phenolic OH excluding ortho intramolecular Hbond substituents is 1. The first kappa shape index (κ1) is 16.3. The molecule has 0 spiro atoms. The Balaban J connectivity index is 2.08. The summed E-state index contributed by atoms with van der Waals surface area (Å²) in [7, 11) is -4.43. The number of aromatic hydroxyl groups is 1.